The SMILES string of the molecule is COc1cc2nccc(Oc3ccc(N(C(=O)C(N)=O)C4CCc5ccccc54)cc3F)c2cc1OC. The van der Waals surface area contributed by atoms with E-state index in [1.165, 1.54) is 37.3 Å². The quantitative estimate of drug-likeness (QED) is 0.385. The summed E-state index contributed by atoms with van der Waals surface area (Å²) >= 11 is 0. The zero-order chi connectivity index (χ0) is 26.1. The number of halogens is 1. The van der Waals surface area contributed by atoms with Gasteiger partial charge in [0, 0.05) is 29.4 Å². The van der Waals surface area contributed by atoms with Gasteiger partial charge in [0.2, 0.25) is 0 Å². The third kappa shape index (κ3) is 4.40. The van der Waals surface area contributed by atoms with Gasteiger partial charge in [0.25, 0.3) is 0 Å². The molecule has 0 fully saturated rings. The topological polar surface area (TPSA) is 104 Å². The number of hydrogen-bond acceptors (Lipinski definition) is 6. The van der Waals surface area contributed by atoms with E-state index in [2.05, 4.69) is 4.98 Å². The average molecular weight is 502 g/mol. The summed E-state index contributed by atoms with van der Waals surface area (Å²) in [4.78, 5) is 30.3. The highest BCUT2D eigenvalue weighted by atomic mass is 19.1. The Morgan fingerprint density at radius 1 is 0.973 bits per heavy atom. The lowest BCUT2D eigenvalue weighted by molar-refractivity contribution is -0.136. The second-order valence-corrected chi connectivity index (χ2v) is 8.54. The van der Waals surface area contributed by atoms with Gasteiger partial charge in [-0.05, 0) is 48.2 Å². The number of nitrogens with zero attached hydrogens (tertiary/aromatic N) is 2. The minimum atomic E-state index is -1.11. The summed E-state index contributed by atoms with van der Waals surface area (Å²) in [6.07, 6.45) is 2.86. The molecule has 0 aliphatic heterocycles. The Labute approximate surface area is 212 Å². The first-order valence-electron chi connectivity index (χ1n) is 11.6. The smallest absolute Gasteiger partial charge is 0.316 e. The van der Waals surface area contributed by atoms with Crippen LogP contribution in [0.1, 0.15) is 23.6 Å². The van der Waals surface area contributed by atoms with Gasteiger partial charge in [-0.1, -0.05) is 24.3 Å². The highest BCUT2D eigenvalue weighted by molar-refractivity contribution is 6.40. The lowest BCUT2D eigenvalue weighted by atomic mass is 10.1. The number of rotatable bonds is 6. The number of methoxy groups -OCH3 is 2. The van der Waals surface area contributed by atoms with Gasteiger partial charge in [-0.2, -0.15) is 0 Å². The summed E-state index contributed by atoms with van der Waals surface area (Å²) in [6.45, 7) is 0. The Kier molecular flexibility index (Phi) is 6.35. The van der Waals surface area contributed by atoms with Gasteiger partial charge in [-0.15, -0.1) is 0 Å². The molecule has 8 nitrogen and oxygen atoms in total. The summed E-state index contributed by atoms with van der Waals surface area (Å²) < 4.78 is 32.0. The number of pyridine rings is 1. The van der Waals surface area contributed by atoms with Gasteiger partial charge in [0.1, 0.15) is 5.75 Å². The number of nitrogens with two attached hydrogens (primary N) is 1. The van der Waals surface area contributed by atoms with Crippen LogP contribution < -0.4 is 24.8 Å². The average Bonchev–Trinajstić information content (AvgIpc) is 3.33. The maximum atomic E-state index is 15.4. The molecule has 0 bridgehead atoms. The Balaban J connectivity index is 1.51. The lowest BCUT2D eigenvalue weighted by Crippen LogP contribution is -2.42. The summed E-state index contributed by atoms with van der Waals surface area (Å²) in [5, 5.41) is 0.594. The molecule has 0 radical (unpaired) electrons. The predicted octanol–water partition coefficient (Wildman–Crippen LogP) is 4.69. The fourth-order valence-corrected chi connectivity index (χ4v) is 4.74. The van der Waals surface area contributed by atoms with E-state index in [1.54, 1.807) is 24.4 Å². The van der Waals surface area contributed by atoms with Crippen molar-refractivity contribution in [2.75, 3.05) is 19.1 Å². The number of fused-ring (bicyclic) bond motifs is 2. The van der Waals surface area contributed by atoms with E-state index in [0.717, 1.165) is 17.5 Å². The normalized spacial score (nSPS) is 14.2. The predicted molar refractivity (Wildman–Crippen MR) is 136 cm³/mol. The first-order valence-corrected chi connectivity index (χ1v) is 11.6. The minimum Gasteiger partial charge on any atom is -0.493 e. The van der Waals surface area contributed by atoms with Crippen LogP contribution in [0.2, 0.25) is 0 Å². The molecule has 37 heavy (non-hydrogen) atoms. The van der Waals surface area contributed by atoms with E-state index in [-0.39, 0.29) is 11.4 Å². The summed E-state index contributed by atoms with van der Waals surface area (Å²) in [6, 6.07) is 16.4. The van der Waals surface area contributed by atoms with Crippen LogP contribution in [0.5, 0.6) is 23.0 Å². The van der Waals surface area contributed by atoms with E-state index in [9.17, 15) is 9.59 Å². The number of primary amides is 1. The Bertz CT molecular complexity index is 1520. The second kappa shape index (κ2) is 9.77. The van der Waals surface area contributed by atoms with Gasteiger partial charge in [-0.3, -0.25) is 19.5 Å². The minimum absolute atomic E-state index is 0.0654. The van der Waals surface area contributed by atoms with E-state index in [1.807, 2.05) is 24.3 Å². The van der Waals surface area contributed by atoms with E-state index in [0.29, 0.717) is 34.6 Å². The molecule has 188 valence electrons. The molecule has 1 aliphatic rings. The highest BCUT2D eigenvalue weighted by Crippen LogP contribution is 2.41. The largest absolute Gasteiger partial charge is 0.493 e. The first-order chi connectivity index (χ1) is 17.9. The van der Waals surface area contributed by atoms with Crippen molar-refractivity contribution < 1.29 is 28.2 Å². The molecule has 0 saturated heterocycles. The van der Waals surface area contributed by atoms with Gasteiger partial charge in [0.15, 0.2) is 23.1 Å². The molecule has 1 heterocycles. The zero-order valence-corrected chi connectivity index (χ0v) is 20.2. The van der Waals surface area contributed by atoms with Crippen molar-refractivity contribution in [1.29, 1.82) is 0 Å². The van der Waals surface area contributed by atoms with Crippen LogP contribution in [0.15, 0.2) is 66.9 Å². The Morgan fingerprint density at radius 3 is 2.46 bits per heavy atom. The fourth-order valence-electron chi connectivity index (χ4n) is 4.74. The molecule has 1 aromatic heterocycles. The summed E-state index contributed by atoms with van der Waals surface area (Å²) in [7, 11) is 3.04. The summed E-state index contributed by atoms with van der Waals surface area (Å²) in [5.41, 5.74) is 8.12. The van der Waals surface area contributed by atoms with E-state index in [4.69, 9.17) is 19.9 Å². The van der Waals surface area contributed by atoms with Crippen LogP contribution in [0.3, 0.4) is 0 Å². The number of benzene rings is 3. The molecule has 2 N–H and O–H groups in total. The number of carbonyl (C=O) groups excluding carboxylic acids is 2. The number of ether oxygens (including phenoxy) is 3. The number of hydrogen-bond donors (Lipinski definition) is 1. The highest BCUT2D eigenvalue weighted by Gasteiger charge is 2.34. The van der Waals surface area contributed by atoms with Crippen molar-refractivity contribution in [3.05, 3.63) is 83.8 Å². The molecule has 4 aromatic rings. The van der Waals surface area contributed by atoms with E-state index < -0.39 is 23.7 Å². The number of carbonyl (C=O) groups is 2. The van der Waals surface area contributed by atoms with Crippen molar-refractivity contribution in [1.82, 2.24) is 4.98 Å². The number of aryl methyl sites for hydroxylation is 1. The second-order valence-electron chi connectivity index (χ2n) is 8.54. The lowest BCUT2D eigenvalue weighted by Gasteiger charge is -2.29. The summed E-state index contributed by atoms with van der Waals surface area (Å²) in [5.74, 6) is -1.47. The van der Waals surface area contributed by atoms with Crippen molar-refractivity contribution in [3.8, 4) is 23.0 Å². The fraction of sp³-hybridized carbons (Fsp3) is 0.179. The molecular formula is C28H24FN3O5. The molecule has 0 saturated carbocycles. The molecular weight excluding hydrogens is 477 g/mol. The van der Waals surface area contributed by atoms with Gasteiger partial charge >= 0.3 is 11.8 Å². The molecule has 0 spiro atoms. The Morgan fingerprint density at radius 2 is 1.73 bits per heavy atom. The zero-order valence-electron chi connectivity index (χ0n) is 20.2. The first kappa shape index (κ1) is 24.1. The third-order valence-electron chi connectivity index (χ3n) is 6.46. The van der Waals surface area contributed by atoms with Crippen LogP contribution in [0.25, 0.3) is 10.9 Å². The van der Waals surface area contributed by atoms with Gasteiger partial charge in [-0.25, -0.2) is 4.39 Å². The molecule has 1 aliphatic carbocycles. The standard InChI is InChI=1S/C28H24FN3O5/c1-35-25-14-19-21(15-26(25)36-2)31-12-11-23(19)37-24-10-8-17(13-20(24)29)32(28(34)27(30)33)22-9-7-16-5-3-4-6-18(16)22/h3-6,8,10-15,22H,7,9H2,1-2H3,(H2,30,33). The molecule has 2 amide bonds. The number of aromatic nitrogens is 1. The van der Waals surface area contributed by atoms with E-state index >= 15 is 4.39 Å². The maximum Gasteiger partial charge on any atom is 0.316 e. The molecule has 3 aromatic carbocycles. The molecule has 9 heteroatoms. The van der Waals surface area contributed by atoms with Crippen LogP contribution in [-0.4, -0.2) is 31.0 Å². The number of anilines is 1. The van der Waals surface area contributed by atoms with Crippen LogP contribution in [0.4, 0.5) is 10.1 Å². The monoisotopic (exact) mass is 501 g/mol. The van der Waals surface area contributed by atoms with Gasteiger partial charge < -0.3 is 19.9 Å². The van der Waals surface area contributed by atoms with Crippen LogP contribution in [-0.2, 0) is 16.0 Å². The van der Waals surface area contributed by atoms with Gasteiger partial charge in [0.05, 0.1) is 25.8 Å². The van der Waals surface area contributed by atoms with Crippen molar-refractivity contribution in [2.45, 2.75) is 18.9 Å². The van der Waals surface area contributed by atoms with Crippen LogP contribution in [0, 0.1) is 5.82 Å². The third-order valence-corrected chi connectivity index (χ3v) is 6.46. The molecule has 1 unspecified atom stereocenters. The van der Waals surface area contributed by atoms with Crippen LogP contribution >= 0.6 is 0 Å². The molecule has 5 rings (SSSR count). The number of amides is 2. The van der Waals surface area contributed by atoms with Crippen molar-refractivity contribution in [3.63, 3.8) is 0 Å². The Hall–Kier alpha value is -4.66. The molecule has 1 atom stereocenters. The van der Waals surface area contributed by atoms with Crippen molar-refractivity contribution in [2.24, 2.45) is 5.73 Å². The maximum absolute atomic E-state index is 15.4. The van der Waals surface area contributed by atoms with Crippen molar-refractivity contribution >= 4 is 28.4 Å².